The Balaban J connectivity index is 0.00000484. The number of anilines is 6. The molecule has 5 nitrogen and oxygen atoms in total. The number of hydrogen-bond donors (Lipinski definition) is 0. The number of fused-ring (bicyclic) bond motifs is 4. The van der Waals surface area contributed by atoms with Crippen LogP contribution in [0.4, 0.5) is 34.1 Å². The van der Waals surface area contributed by atoms with Gasteiger partial charge in [0.25, 0.3) is 0 Å². The predicted octanol–water partition coefficient (Wildman–Crippen LogP) is 14.9. The first-order valence-corrected chi connectivity index (χ1v) is 21.7. The first kappa shape index (κ1) is 40.8. The van der Waals surface area contributed by atoms with Crippen molar-refractivity contribution in [3.63, 3.8) is 0 Å². The molecule has 0 unspecified atom stereocenters. The van der Waals surface area contributed by atoms with Gasteiger partial charge in [-0.05, 0) is 69.5 Å². The number of aromatic nitrogens is 2. The summed E-state index contributed by atoms with van der Waals surface area (Å²) in [5, 5.41) is 2.26. The first-order chi connectivity index (χ1) is 31.0. The maximum absolute atomic E-state index is 5.07. The molecule has 312 valence electrons. The third-order valence-electron chi connectivity index (χ3n) is 12.3. The summed E-state index contributed by atoms with van der Waals surface area (Å²) in [5.41, 5.74) is 16.4. The molecule has 0 saturated carbocycles. The summed E-state index contributed by atoms with van der Waals surface area (Å²) >= 11 is 0. The van der Waals surface area contributed by atoms with Crippen molar-refractivity contribution in [1.82, 2.24) is 9.55 Å². The molecule has 0 atom stereocenters. The largest absolute Gasteiger partial charge is 2.00 e. The molecule has 11 rings (SSSR count). The smallest absolute Gasteiger partial charge is 0.357 e. The minimum Gasteiger partial charge on any atom is -0.357 e. The van der Waals surface area contributed by atoms with Crippen LogP contribution in [0.2, 0.25) is 0 Å². The van der Waals surface area contributed by atoms with Crippen LogP contribution in [-0.2, 0) is 21.1 Å². The summed E-state index contributed by atoms with van der Waals surface area (Å²) < 4.78 is 2.28. The molecular weight excluding hydrogens is 962 g/mol. The molecule has 0 bridgehead atoms. The molecule has 1 aliphatic heterocycles. The fourth-order valence-corrected chi connectivity index (χ4v) is 9.40. The molecule has 0 spiro atoms. The Labute approximate surface area is 389 Å². The monoisotopic (exact) mass is 1010 g/mol. The van der Waals surface area contributed by atoms with Crippen molar-refractivity contribution >= 4 is 55.9 Å². The van der Waals surface area contributed by atoms with E-state index in [-0.39, 0.29) is 21.1 Å². The van der Waals surface area contributed by atoms with Gasteiger partial charge in [-0.25, -0.2) is 4.98 Å². The van der Waals surface area contributed by atoms with Crippen molar-refractivity contribution in [1.29, 1.82) is 0 Å². The van der Waals surface area contributed by atoms with Gasteiger partial charge in [-0.15, -0.1) is 35.7 Å². The third kappa shape index (κ3) is 7.16. The zero-order chi connectivity index (χ0) is 42.4. The molecule has 0 saturated heterocycles. The van der Waals surface area contributed by atoms with Crippen molar-refractivity contribution in [3.8, 4) is 39.2 Å². The van der Waals surface area contributed by atoms with Crippen LogP contribution in [0.15, 0.2) is 200 Å². The number of hydrogen-bond acceptors (Lipinski definition) is 4. The van der Waals surface area contributed by atoms with Crippen molar-refractivity contribution in [3.05, 3.63) is 218 Å². The normalized spacial score (nSPS) is 12.2. The topological polar surface area (TPSA) is 27.5 Å². The Morgan fingerprint density at radius 3 is 1.92 bits per heavy atom. The van der Waals surface area contributed by atoms with Gasteiger partial charge in [0.15, 0.2) is 0 Å². The van der Waals surface area contributed by atoms with Crippen LogP contribution in [0.3, 0.4) is 0 Å². The van der Waals surface area contributed by atoms with Crippen LogP contribution in [0.25, 0.3) is 61.0 Å². The van der Waals surface area contributed by atoms with Crippen molar-refractivity contribution in [2.75, 3.05) is 28.4 Å². The summed E-state index contributed by atoms with van der Waals surface area (Å²) in [6.07, 6.45) is 1.94. The van der Waals surface area contributed by atoms with Crippen LogP contribution < -0.4 is 14.7 Å². The van der Waals surface area contributed by atoms with Crippen molar-refractivity contribution in [2.45, 2.75) is 19.8 Å². The average Bonchev–Trinajstić information content (AvgIpc) is 3.86. The van der Waals surface area contributed by atoms with E-state index in [0.717, 1.165) is 90.5 Å². The number of benzene rings is 8. The quantitative estimate of drug-likeness (QED) is 0.135. The van der Waals surface area contributed by atoms with Gasteiger partial charge >= 0.3 is 21.1 Å². The Bertz CT molecular complexity index is 3230. The molecule has 10 aromatic rings. The second-order valence-electron chi connectivity index (χ2n) is 16.5. The van der Waals surface area contributed by atoms with E-state index >= 15 is 0 Å². The summed E-state index contributed by atoms with van der Waals surface area (Å²) in [5.74, 6) is 1.22. The molecule has 1 aliphatic rings. The zero-order valence-corrected chi connectivity index (χ0v) is 38.2. The molecule has 3 heterocycles. The average molecular weight is 1010 g/mol. The fourth-order valence-electron chi connectivity index (χ4n) is 9.40. The molecule has 64 heavy (non-hydrogen) atoms. The third-order valence-corrected chi connectivity index (χ3v) is 12.3. The predicted molar refractivity (Wildman–Crippen MR) is 263 cm³/mol. The summed E-state index contributed by atoms with van der Waals surface area (Å²) in [7, 11) is 2.15. The van der Waals surface area contributed by atoms with Crippen LogP contribution in [0.5, 0.6) is 0 Å². The van der Waals surface area contributed by atoms with Gasteiger partial charge in [0.2, 0.25) is 0 Å². The van der Waals surface area contributed by atoms with E-state index in [0.29, 0.717) is 5.92 Å². The zero-order valence-electron chi connectivity index (χ0n) is 35.9. The molecule has 8 aromatic carbocycles. The maximum Gasteiger partial charge on any atom is 2.00 e. The van der Waals surface area contributed by atoms with Gasteiger partial charge in [0.05, 0.1) is 23.7 Å². The molecule has 6 heteroatoms. The van der Waals surface area contributed by atoms with Gasteiger partial charge in [-0.2, -0.15) is 12.1 Å². The van der Waals surface area contributed by atoms with Crippen LogP contribution >= 0.6 is 0 Å². The molecule has 0 aliphatic carbocycles. The number of para-hydroxylation sites is 4. The Kier molecular flexibility index (Phi) is 11.0. The molecule has 0 N–H and O–H groups in total. The number of nitrogens with zero attached hydrogens (tertiary/aromatic N) is 5. The summed E-state index contributed by atoms with van der Waals surface area (Å²) in [6.45, 7) is 5.23. The van der Waals surface area contributed by atoms with Gasteiger partial charge in [-0.3, -0.25) is 0 Å². The number of rotatable bonds is 9. The second kappa shape index (κ2) is 17.2. The van der Waals surface area contributed by atoms with E-state index in [1.165, 1.54) is 16.8 Å². The Hall–Kier alpha value is -7.20. The van der Waals surface area contributed by atoms with Crippen LogP contribution in [0, 0.1) is 12.1 Å². The van der Waals surface area contributed by atoms with Crippen molar-refractivity contribution in [2.24, 2.45) is 0 Å². The van der Waals surface area contributed by atoms with Crippen molar-refractivity contribution < 1.29 is 21.1 Å². The van der Waals surface area contributed by atoms with E-state index in [4.69, 9.17) is 4.98 Å². The number of pyridine rings is 1. The van der Waals surface area contributed by atoms with E-state index in [1.807, 2.05) is 6.20 Å². The van der Waals surface area contributed by atoms with Crippen LogP contribution in [-0.4, -0.2) is 23.3 Å². The molecule has 2 aromatic heterocycles. The molecular formula is C58H45N5Pt. The fraction of sp³-hybridized carbons (Fsp3) is 0.0862. The van der Waals surface area contributed by atoms with E-state index in [9.17, 15) is 0 Å². The minimum absolute atomic E-state index is 0. The van der Waals surface area contributed by atoms with Gasteiger partial charge in [-0.1, -0.05) is 170 Å². The Morgan fingerprint density at radius 1 is 0.547 bits per heavy atom. The first-order valence-electron chi connectivity index (χ1n) is 21.7. The maximum atomic E-state index is 5.07. The molecule has 0 amide bonds. The van der Waals surface area contributed by atoms with Gasteiger partial charge in [0.1, 0.15) is 5.82 Å². The summed E-state index contributed by atoms with van der Waals surface area (Å²) in [6, 6.07) is 77.3. The minimum atomic E-state index is 0. The standard InChI is InChI=1S/C58H45N5.Pt/c1-40(2)47-24-10-11-25-48(47)43-34-35-59-57(36-43)63-53-29-13-12-26-51(53)52-33-32-46(38-56(52)63)62(45-23-16-22-44(37-45)61-39-60(3)54-30-14-15-31-55(54)61)58-49(41-18-6-4-7-19-41)27-17-28-50(58)42-20-8-5-9-21-42;/h4-36,40H,39H2,1-3H3;/q-2;+2. The SMILES string of the molecule is CC(C)c1ccccc1-c1ccnc(-n2c3[c-]c(N(c4[c-]c(N5CN(C)c6ccccc65)ccc4)c4c(-c5ccccc5)cccc4-c4ccccc4)ccc3c3ccccc32)c1.[Pt+2]. The van der Waals surface area contributed by atoms with Gasteiger partial charge in [0, 0.05) is 29.9 Å². The Morgan fingerprint density at radius 2 is 1.17 bits per heavy atom. The van der Waals surface area contributed by atoms with E-state index in [2.05, 4.69) is 246 Å². The van der Waals surface area contributed by atoms with Crippen LogP contribution in [0.1, 0.15) is 25.3 Å². The second-order valence-corrected chi connectivity index (χ2v) is 16.5. The van der Waals surface area contributed by atoms with E-state index < -0.39 is 0 Å². The molecule has 0 fully saturated rings. The van der Waals surface area contributed by atoms with E-state index in [1.54, 1.807) is 0 Å². The molecule has 0 radical (unpaired) electrons. The van der Waals surface area contributed by atoms with Gasteiger partial charge < -0.3 is 19.3 Å². The summed E-state index contributed by atoms with van der Waals surface area (Å²) in [4.78, 5) is 12.1.